The van der Waals surface area contributed by atoms with Crippen LogP contribution < -0.4 is 10.6 Å². The van der Waals surface area contributed by atoms with Crippen molar-refractivity contribution in [2.45, 2.75) is 0 Å². The average Bonchev–Trinajstić information content (AvgIpc) is 3.00. The van der Waals surface area contributed by atoms with E-state index in [9.17, 15) is 14.9 Å². The Kier molecular flexibility index (Phi) is 5.61. The largest absolute Gasteiger partial charge is 0.465 e. The summed E-state index contributed by atoms with van der Waals surface area (Å²) in [6.45, 7) is 0. The van der Waals surface area contributed by atoms with Crippen LogP contribution in [0.3, 0.4) is 0 Å². The lowest BCUT2D eigenvalue weighted by molar-refractivity contribution is -0.384. The molecule has 0 aliphatic heterocycles. The topological polar surface area (TPSA) is 97.4 Å². The number of anilines is 1. The number of hydrogen-bond donors (Lipinski definition) is 2. The van der Waals surface area contributed by atoms with Crippen LogP contribution in [-0.4, -0.2) is 15.9 Å². The summed E-state index contributed by atoms with van der Waals surface area (Å²) in [6, 6.07) is 7.56. The van der Waals surface area contributed by atoms with Gasteiger partial charge in [0.05, 0.1) is 16.9 Å². The highest BCUT2D eigenvalue weighted by molar-refractivity contribution is 9.10. The Balaban J connectivity index is 1.94. The normalized spacial score (nSPS) is 10.5. The Morgan fingerprint density at radius 1 is 1.39 bits per heavy atom. The number of halogens is 1. The molecule has 0 aliphatic rings. The number of carbonyl (C=O) groups excluding carboxylic acids is 1. The molecule has 0 saturated carbocycles. The molecule has 0 saturated heterocycles. The summed E-state index contributed by atoms with van der Waals surface area (Å²) in [4.78, 5) is 21.9. The summed E-state index contributed by atoms with van der Waals surface area (Å²) < 4.78 is 5.51. The summed E-state index contributed by atoms with van der Waals surface area (Å²) in [5.74, 6) is 0.106. The van der Waals surface area contributed by atoms with Gasteiger partial charge in [0.25, 0.3) is 5.69 Å². The SMILES string of the molecule is O=C(C=Cc1ccco1)NC(=S)Nc1ccc([N+](=O)[O-])cc1Br. The Bertz CT molecular complexity index is 774. The molecule has 23 heavy (non-hydrogen) atoms. The van der Waals surface area contributed by atoms with Crippen LogP contribution in [0.25, 0.3) is 6.08 Å². The van der Waals surface area contributed by atoms with Gasteiger partial charge in [0.2, 0.25) is 5.91 Å². The molecule has 0 aliphatic carbocycles. The molecule has 0 bridgehead atoms. The lowest BCUT2D eigenvalue weighted by Crippen LogP contribution is -2.32. The minimum Gasteiger partial charge on any atom is -0.465 e. The van der Waals surface area contributed by atoms with Gasteiger partial charge in [-0.05, 0) is 52.4 Å². The summed E-state index contributed by atoms with van der Waals surface area (Å²) in [6.07, 6.45) is 4.27. The number of thiocarbonyl (C=S) groups is 1. The zero-order valence-electron chi connectivity index (χ0n) is 11.5. The van der Waals surface area contributed by atoms with Crippen molar-refractivity contribution in [2.75, 3.05) is 5.32 Å². The van der Waals surface area contributed by atoms with Gasteiger partial charge in [0, 0.05) is 22.7 Å². The third-order valence-electron chi connectivity index (χ3n) is 2.59. The molecule has 0 unspecified atom stereocenters. The number of hydrogen-bond acceptors (Lipinski definition) is 5. The molecule has 7 nitrogen and oxygen atoms in total. The summed E-state index contributed by atoms with van der Waals surface area (Å²) in [5, 5.41) is 16.0. The molecular formula is C14H10BrN3O4S. The van der Waals surface area contributed by atoms with Gasteiger partial charge >= 0.3 is 0 Å². The Hall–Kier alpha value is -2.52. The highest BCUT2D eigenvalue weighted by Crippen LogP contribution is 2.26. The molecule has 0 spiro atoms. The number of furan rings is 1. The van der Waals surface area contributed by atoms with Gasteiger partial charge < -0.3 is 9.73 Å². The van der Waals surface area contributed by atoms with Crippen molar-refractivity contribution >= 4 is 56.6 Å². The van der Waals surface area contributed by atoms with E-state index in [1.54, 1.807) is 12.1 Å². The van der Waals surface area contributed by atoms with Crippen molar-refractivity contribution in [1.29, 1.82) is 0 Å². The zero-order valence-corrected chi connectivity index (χ0v) is 13.9. The van der Waals surface area contributed by atoms with Crippen molar-refractivity contribution in [3.8, 4) is 0 Å². The Labute approximate surface area is 144 Å². The third-order valence-corrected chi connectivity index (χ3v) is 3.45. The first-order valence-electron chi connectivity index (χ1n) is 6.23. The molecule has 0 atom stereocenters. The number of non-ortho nitro benzene ring substituents is 1. The number of nitrogens with zero attached hydrogens (tertiary/aromatic N) is 1. The number of carbonyl (C=O) groups is 1. The number of nitrogens with one attached hydrogen (secondary N) is 2. The van der Waals surface area contributed by atoms with E-state index in [0.29, 0.717) is 15.9 Å². The second-order valence-corrected chi connectivity index (χ2v) is 5.48. The highest BCUT2D eigenvalue weighted by atomic mass is 79.9. The van der Waals surface area contributed by atoms with Crippen LogP contribution >= 0.6 is 28.1 Å². The molecule has 2 aromatic rings. The van der Waals surface area contributed by atoms with Crippen molar-refractivity contribution in [3.05, 3.63) is 63.0 Å². The fourth-order valence-electron chi connectivity index (χ4n) is 1.57. The Morgan fingerprint density at radius 2 is 2.17 bits per heavy atom. The molecule has 2 N–H and O–H groups in total. The molecule has 2 rings (SSSR count). The van der Waals surface area contributed by atoms with Gasteiger partial charge in [0.15, 0.2) is 5.11 Å². The molecule has 0 fully saturated rings. The fraction of sp³-hybridized carbons (Fsp3) is 0. The van der Waals surface area contributed by atoms with E-state index in [-0.39, 0.29) is 10.8 Å². The summed E-state index contributed by atoms with van der Waals surface area (Å²) >= 11 is 8.22. The Morgan fingerprint density at radius 3 is 2.78 bits per heavy atom. The average molecular weight is 396 g/mol. The minimum atomic E-state index is -0.506. The second-order valence-electron chi connectivity index (χ2n) is 4.21. The molecule has 1 aromatic heterocycles. The van der Waals surface area contributed by atoms with E-state index >= 15 is 0 Å². The van der Waals surface area contributed by atoms with Crippen LogP contribution in [0.4, 0.5) is 11.4 Å². The maximum atomic E-state index is 11.7. The number of amides is 1. The standard InChI is InChI=1S/C14H10BrN3O4S/c15-11-8-9(18(20)21)3-5-12(11)16-14(23)17-13(19)6-4-10-2-1-7-22-10/h1-8H,(H2,16,17,19,23). The maximum Gasteiger partial charge on any atom is 0.270 e. The quantitative estimate of drug-likeness (QED) is 0.356. The van der Waals surface area contributed by atoms with E-state index in [2.05, 4.69) is 26.6 Å². The fourth-order valence-corrected chi connectivity index (χ4v) is 2.25. The lowest BCUT2D eigenvalue weighted by Gasteiger charge is -2.09. The van der Waals surface area contributed by atoms with Crippen molar-refractivity contribution in [3.63, 3.8) is 0 Å². The maximum absolute atomic E-state index is 11.7. The van der Waals surface area contributed by atoms with E-state index in [1.165, 1.54) is 36.6 Å². The van der Waals surface area contributed by atoms with E-state index in [4.69, 9.17) is 16.6 Å². The lowest BCUT2D eigenvalue weighted by atomic mass is 10.3. The van der Waals surface area contributed by atoms with Crippen molar-refractivity contribution < 1.29 is 14.1 Å². The van der Waals surface area contributed by atoms with Gasteiger partial charge in [-0.1, -0.05) is 0 Å². The first-order valence-corrected chi connectivity index (χ1v) is 7.43. The van der Waals surface area contributed by atoms with E-state index < -0.39 is 10.8 Å². The molecule has 1 amide bonds. The van der Waals surface area contributed by atoms with E-state index in [1.807, 2.05) is 0 Å². The molecule has 118 valence electrons. The van der Waals surface area contributed by atoms with Crippen LogP contribution in [0, 0.1) is 10.1 Å². The molecule has 1 aromatic carbocycles. The van der Waals surface area contributed by atoms with Gasteiger partial charge in [-0.2, -0.15) is 0 Å². The van der Waals surface area contributed by atoms with Crippen LogP contribution in [0.5, 0.6) is 0 Å². The third kappa shape index (κ3) is 5.01. The van der Waals surface area contributed by atoms with Gasteiger partial charge in [-0.15, -0.1) is 0 Å². The monoisotopic (exact) mass is 395 g/mol. The molecule has 0 radical (unpaired) electrons. The van der Waals surface area contributed by atoms with Crippen LogP contribution in [-0.2, 0) is 4.79 Å². The minimum absolute atomic E-state index is 0.0567. The predicted molar refractivity (Wildman–Crippen MR) is 92.9 cm³/mol. The van der Waals surface area contributed by atoms with Gasteiger partial charge in [0.1, 0.15) is 5.76 Å². The van der Waals surface area contributed by atoms with Crippen LogP contribution in [0.1, 0.15) is 5.76 Å². The summed E-state index contributed by atoms with van der Waals surface area (Å²) in [7, 11) is 0. The number of rotatable bonds is 4. The number of benzene rings is 1. The molecule has 1 heterocycles. The second kappa shape index (κ2) is 7.65. The molecular weight excluding hydrogens is 386 g/mol. The van der Waals surface area contributed by atoms with Gasteiger partial charge in [-0.25, -0.2) is 0 Å². The first-order chi connectivity index (χ1) is 11.0. The van der Waals surface area contributed by atoms with Gasteiger partial charge in [-0.3, -0.25) is 20.2 Å². The van der Waals surface area contributed by atoms with Crippen LogP contribution in [0.15, 0.2) is 51.6 Å². The smallest absolute Gasteiger partial charge is 0.270 e. The van der Waals surface area contributed by atoms with Crippen molar-refractivity contribution in [2.24, 2.45) is 0 Å². The molecule has 9 heteroatoms. The summed E-state index contributed by atoms with van der Waals surface area (Å²) in [5.41, 5.74) is 0.440. The van der Waals surface area contributed by atoms with Crippen LogP contribution in [0.2, 0.25) is 0 Å². The first kappa shape index (κ1) is 16.8. The highest BCUT2D eigenvalue weighted by Gasteiger charge is 2.10. The van der Waals surface area contributed by atoms with Crippen molar-refractivity contribution in [1.82, 2.24) is 5.32 Å². The predicted octanol–water partition coefficient (Wildman–Crippen LogP) is 3.48. The number of nitro groups is 1. The number of nitro benzene ring substituents is 1. The zero-order chi connectivity index (χ0) is 16.8. The van der Waals surface area contributed by atoms with E-state index in [0.717, 1.165) is 0 Å².